The summed E-state index contributed by atoms with van der Waals surface area (Å²) >= 11 is 0. The number of benzene rings is 2. The number of hydrogen-bond acceptors (Lipinski definition) is 4. The molecule has 0 unspecified atom stereocenters. The smallest absolute Gasteiger partial charge is 0.416 e. The van der Waals surface area contributed by atoms with Crippen molar-refractivity contribution >= 4 is 5.91 Å². The van der Waals surface area contributed by atoms with Gasteiger partial charge in [-0.3, -0.25) is 9.69 Å². The highest BCUT2D eigenvalue weighted by atomic mass is 19.4. The Hall–Kier alpha value is -2.58. The summed E-state index contributed by atoms with van der Waals surface area (Å²) in [5.74, 6) is 0.741. The molecule has 0 aromatic heterocycles. The molecular formula is C29H40F3N3O2. The minimum absolute atomic E-state index is 0.215. The third-order valence-corrected chi connectivity index (χ3v) is 7.10. The molecule has 2 aromatic carbocycles. The van der Waals surface area contributed by atoms with Crippen LogP contribution in [0.2, 0.25) is 0 Å². The van der Waals surface area contributed by atoms with E-state index in [2.05, 4.69) is 43.1 Å². The molecule has 1 heterocycles. The van der Waals surface area contributed by atoms with Crippen molar-refractivity contribution in [1.29, 1.82) is 0 Å². The molecule has 0 bridgehead atoms. The van der Waals surface area contributed by atoms with E-state index in [0.717, 1.165) is 82.9 Å². The van der Waals surface area contributed by atoms with E-state index in [1.54, 1.807) is 4.90 Å². The van der Waals surface area contributed by atoms with Crippen molar-refractivity contribution in [2.75, 3.05) is 52.4 Å². The van der Waals surface area contributed by atoms with Crippen molar-refractivity contribution in [3.63, 3.8) is 0 Å². The number of nitrogens with one attached hydrogen (secondary N) is 1. The Bertz CT molecular complexity index is 1000. The first kappa shape index (κ1) is 29.0. The average molecular weight is 520 g/mol. The first-order valence-electron chi connectivity index (χ1n) is 13.3. The fraction of sp³-hybridized carbons (Fsp3) is 0.552. The maximum Gasteiger partial charge on any atom is 0.416 e. The SMILES string of the molecule is CCCNCCCCOc1ccc(CCN2CCN(C(=O)c3ccc(C(F)(F)F)cc3)CC2)c(C)c1C. The highest BCUT2D eigenvalue weighted by Gasteiger charge is 2.30. The molecular weight excluding hydrogens is 479 g/mol. The fourth-order valence-electron chi connectivity index (χ4n) is 4.55. The molecule has 1 amide bonds. The maximum absolute atomic E-state index is 12.8. The van der Waals surface area contributed by atoms with Crippen LogP contribution < -0.4 is 10.1 Å². The molecule has 0 atom stereocenters. The van der Waals surface area contributed by atoms with Crippen LogP contribution in [0.1, 0.15) is 58.8 Å². The molecule has 5 nitrogen and oxygen atoms in total. The number of ether oxygens (including phenoxy) is 1. The van der Waals surface area contributed by atoms with Gasteiger partial charge in [-0.2, -0.15) is 13.2 Å². The molecule has 37 heavy (non-hydrogen) atoms. The van der Waals surface area contributed by atoms with Crippen LogP contribution in [0.5, 0.6) is 5.75 Å². The zero-order valence-corrected chi connectivity index (χ0v) is 22.3. The normalized spacial score (nSPS) is 14.7. The highest BCUT2D eigenvalue weighted by molar-refractivity contribution is 5.94. The number of amides is 1. The summed E-state index contributed by atoms with van der Waals surface area (Å²) in [4.78, 5) is 16.8. The van der Waals surface area contributed by atoms with Crippen molar-refractivity contribution < 1.29 is 22.7 Å². The zero-order chi connectivity index (χ0) is 26.8. The number of carbonyl (C=O) groups is 1. The summed E-state index contributed by atoms with van der Waals surface area (Å²) in [6.45, 7) is 12.8. The Morgan fingerprint density at radius 3 is 2.30 bits per heavy atom. The van der Waals surface area contributed by atoms with Crippen molar-refractivity contribution in [3.8, 4) is 5.75 Å². The van der Waals surface area contributed by atoms with Gasteiger partial charge in [0.25, 0.3) is 5.91 Å². The second kappa shape index (κ2) is 13.8. The molecule has 1 fully saturated rings. The van der Waals surface area contributed by atoms with E-state index in [1.165, 1.54) is 28.8 Å². The summed E-state index contributed by atoms with van der Waals surface area (Å²) in [5.41, 5.74) is 3.31. The first-order chi connectivity index (χ1) is 17.7. The largest absolute Gasteiger partial charge is 0.493 e. The number of piperazine rings is 1. The molecule has 0 spiro atoms. The highest BCUT2D eigenvalue weighted by Crippen LogP contribution is 2.29. The monoisotopic (exact) mass is 519 g/mol. The van der Waals surface area contributed by atoms with Gasteiger partial charge in [-0.1, -0.05) is 13.0 Å². The van der Waals surface area contributed by atoms with Crippen LogP contribution in [-0.2, 0) is 12.6 Å². The van der Waals surface area contributed by atoms with E-state index < -0.39 is 11.7 Å². The Kier molecular flexibility index (Phi) is 10.8. The van der Waals surface area contributed by atoms with Gasteiger partial charge in [0.1, 0.15) is 5.75 Å². The van der Waals surface area contributed by atoms with Gasteiger partial charge in [0.15, 0.2) is 0 Å². The van der Waals surface area contributed by atoms with Gasteiger partial charge < -0.3 is 15.0 Å². The van der Waals surface area contributed by atoms with E-state index in [4.69, 9.17) is 4.74 Å². The van der Waals surface area contributed by atoms with Gasteiger partial charge in [-0.05, 0) is 99.6 Å². The Morgan fingerprint density at radius 1 is 0.946 bits per heavy atom. The van der Waals surface area contributed by atoms with Crippen molar-refractivity contribution in [2.45, 2.75) is 52.6 Å². The predicted octanol–water partition coefficient (Wildman–Crippen LogP) is 5.48. The molecule has 3 rings (SSSR count). The number of carbonyl (C=O) groups excluding carboxylic acids is 1. The van der Waals surface area contributed by atoms with Crippen molar-refractivity contribution in [2.24, 2.45) is 0 Å². The number of nitrogens with zero attached hydrogens (tertiary/aromatic N) is 2. The van der Waals surface area contributed by atoms with Crippen LogP contribution >= 0.6 is 0 Å². The van der Waals surface area contributed by atoms with Crippen LogP contribution in [0, 0.1) is 13.8 Å². The van der Waals surface area contributed by atoms with Crippen LogP contribution in [0.3, 0.4) is 0 Å². The molecule has 1 saturated heterocycles. The number of unbranched alkanes of at least 4 members (excludes halogenated alkanes) is 1. The lowest BCUT2D eigenvalue weighted by molar-refractivity contribution is -0.137. The Balaban J connectivity index is 1.42. The van der Waals surface area contributed by atoms with E-state index in [-0.39, 0.29) is 5.91 Å². The Morgan fingerprint density at radius 2 is 1.65 bits per heavy atom. The third-order valence-electron chi connectivity index (χ3n) is 7.10. The predicted molar refractivity (Wildman–Crippen MR) is 141 cm³/mol. The second-order valence-electron chi connectivity index (χ2n) is 9.74. The van der Waals surface area contributed by atoms with Crippen LogP contribution in [0.25, 0.3) is 0 Å². The van der Waals surface area contributed by atoms with Gasteiger partial charge >= 0.3 is 6.18 Å². The first-order valence-corrected chi connectivity index (χ1v) is 13.3. The molecule has 1 N–H and O–H groups in total. The van der Waals surface area contributed by atoms with E-state index in [0.29, 0.717) is 18.7 Å². The molecule has 0 saturated carbocycles. The number of rotatable bonds is 12. The summed E-state index contributed by atoms with van der Waals surface area (Å²) in [6, 6.07) is 8.70. The fourth-order valence-corrected chi connectivity index (χ4v) is 4.55. The number of alkyl halides is 3. The molecule has 0 aliphatic carbocycles. The van der Waals surface area contributed by atoms with Gasteiger partial charge in [0.05, 0.1) is 12.2 Å². The lowest BCUT2D eigenvalue weighted by atomic mass is 9.99. The number of halogens is 3. The summed E-state index contributed by atoms with van der Waals surface area (Å²) in [5, 5.41) is 3.41. The number of hydrogen-bond donors (Lipinski definition) is 1. The second-order valence-corrected chi connectivity index (χ2v) is 9.74. The minimum Gasteiger partial charge on any atom is -0.493 e. The van der Waals surface area contributed by atoms with E-state index >= 15 is 0 Å². The molecule has 1 aliphatic heterocycles. The summed E-state index contributed by atoms with van der Waals surface area (Å²) in [7, 11) is 0. The zero-order valence-electron chi connectivity index (χ0n) is 22.3. The van der Waals surface area contributed by atoms with Gasteiger partial charge in [-0.25, -0.2) is 0 Å². The maximum atomic E-state index is 12.8. The van der Waals surface area contributed by atoms with Gasteiger partial charge in [0.2, 0.25) is 0 Å². The third kappa shape index (κ3) is 8.47. The minimum atomic E-state index is -4.40. The van der Waals surface area contributed by atoms with Crippen LogP contribution in [0.15, 0.2) is 36.4 Å². The molecule has 2 aromatic rings. The molecule has 0 radical (unpaired) electrons. The van der Waals surface area contributed by atoms with Crippen molar-refractivity contribution in [1.82, 2.24) is 15.1 Å². The van der Waals surface area contributed by atoms with E-state index in [9.17, 15) is 18.0 Å². The van der Waals surface area contributed by atoms with Gasteiger partial charge in [-0.15, -0.1) is 0 Å². The lowest BCUT2D eigenvalue weighted by Crippen LogP contribution is -2.49. The summed E-state index contributed by atoms with van der Waals surface area (Å²) < 4.78 is 44.4. The quantitative estimate of drug-likeness (QED) is 0.377. The molecule has 8 heteroatoms. The van der Waals surface area contributed by atoms with Crippen LogP contribution in [0.4, 0.5) is 13.2 Å². The Labute approximate surface area is 219 Å². The average Bonchev–Trinajstić information content (AvgIpc) is 2.89. The van der Waals surface area contributed by atoms with Crippen molar-refractivity contribution in [3.05, 3.63) is 64.2 Å². The lowest BCUT2D eigenvalue weighted by Gasteiger charge is -2.35. The van der Waals surface area contributed by atoms with E-state index in [1.807, 2.05) is 0 Å². The van der Waals surface area contributed by atoms with Crippen LogP contribution in [-0.4, -0.2) is 68.1 Å². The summed E-state index contributed by atoms with van der Waals surface area (Å²) in [6.07, 6.45) is -0.182. The standard InChI is InChI=1S/C29H40F3N3O2/c1-4-14-33-15-5-6-21-37-27-12-9-24(22(2)23(27)3)13-16-34-17-19-35(20-18-34)28(36)25-7-10-26(11-8-25)29(30,31)32/h7-12,33H,4-6,13-21H2,1-3H3. The van der Waals surface area contributed by atoms with Gasteiger partial charge in [0, 0.05) is 38.3 Å². The topological polar surface area (TPSA) is 44.8 Å². The molecule has 1 aliphatic rings. The molecule has 204 valence electrons.